The monoisotopic (exact) mass is 549 g/mol. The Balaban J connectivity index is 1.17. The number of carbonyl (C=O) groups excluding carboxylic acids is 1. The molecule has 0 unspecified atom stereocenters. The fourth-order valence-corrected chi connectivity index (χ4v) is 5.19. The molecule has 1 saturated heterocycles. The number of rotatable bonds is 6. The summed E-state index contributed by atoms with van der Waals surface area (Å²) in [5, 5.41) is 7.25. The zero-order valence-electron chi connectivity index (χ0n) is 21.4. The van der Waals surface area contributed by atoms with Crippen molar-refractivity contribution in [2.45, 2.75) is 19.3 Å². The summed E-state index contributed by atoms with van der Waals surface area (Å²) in [6.45, 7) is 4.33. The molecule has 0 atom stereocenters. The van der Waals surface area contributed by atoms with E-state index in [2.05, 4.69) is 37.3 Å². The number of nitrogens with one attached hydrogen (secondary N) is 1. The molecule has 2 aliphatic heterocycles. The lowest BCUT2D eigenvalue weighted by Gasteiger charge is -2.34. The Morgan fingerprint density at radius 1 is 0.975 bits per heavy atom. The highest BCUT2D eigenvalue weighted by molar-refractivity contribution is 5.92. The number of hydrogen-bond acceptors (Lipinski definition) is 6. The van der Waals surface area contributed by atoms with Crippen molar-refractivity contribution in [2.75, 3.05) is 38.0 Å². The van der Waals surface area contributed by atoms with Crippen molar-refractivity contribution in [2.24, 2.45) is 0 Å². The zero-order valence-corrected chi connectivity index (χ0v) is 21.4. The van der Waals surface area contributed by atoms with Crippen molar-refractivity contribution in [3.8, 4) is 0 Å². The first-order valence-electron chi connectivity index (χ1n) is 12.9. The Morgan fingerprint density at radius 3 is 2.48 bits per heavy atom. The van der Waals surface area contributed by atoms with E-state index in [0.29, 0.717) is 16.9 Å². The topological polar surface area (TPSA) is 88.3 Å². The molecule has 4 aromatic rings. The lowest BCUT2D eigenvalue weighted by molar-refractivity contribution is -0.137. The molecule has 206 valence electrons. The standard InChI is InChI=1S/C28H26F3N7O2/c29-28(30,31)21-8-4-7-20(15-21)23-9-10-37-26-22(16-32-38(23)26)25(40)34-27(37)33-24(39)18-36-13-11-35(12-14-36)17-19-5-2-1-3-6-19/h1-9,15-16H,10-14,17-18H2,(H,33,34,39,40). The molecular weight excluding hydrogens is 523 g/mol. The number of hydrogen-bond donors (Lipinski definition) is 1. The molecule has 0 aliphatic carbocycles. The van der Waals surface area contributed by atoms with Gasteiger partial charge in [-0.15, -0.1) is 0 Å². The highest BCUT2D eigenvalue weighted by Crippen LogP contribution is 2.33. The molecular formula is C28H26F3N7O2. The first kappa shape index (κ1) is 26.0. The number of amides is 1. The predicted octanol–water partition coefficient (Wildman–Crippen LogP) is 3.27. The molecule has 4 heterocycles. The first-order valence-corrected chi connectivity index (χ1v) is 12.9. The Morgan fingerprint density at radius 2 is 1.73 bits per heavy atom. The van der Waals surface area contributed by atoms with Crippen molar-refractivity contribution >= 4 is 28.6 Å². The van der Waals surface area contributed by atoms with Crippen LogP contribution in [0.4, 0.5) is 19.1 Å². The van der Waals surface area contributed by atoms with E-state index >= 15 is 0 Å². The van der Waals surface area contributed by atoms with E-state index in [1.54, 1.807) is 16.7 Å². The van der Waals surface area contributed by atoms with Crippen molar-refractivity contribution in [1.29, 1.82) is 0 Å². The molecule has 9 nitrogen and oxygen atoms in total. The van der Waals surface area contributed by atoms with E-state index < -0.39 is 17.3 Å². The summed E-state index contributed by atoms with van der Waals surface area (Å²) in [5.41, 5.74) is 0.983. The maximum Gasteiger partial charge on any atom is 0.416 e. The maximum absolute atomic E-state index is 13.3. The molecule has 0 bridgehead atoms. The summed E-state index contributed by atoms with van der Waals surface area (Å²) in [5.74, 6) is -0.225. The van der Waals surface area contributed by atoms with E-state index in [4.69, 9.17) is 0 Å². The van der Waals surface area contributed by atoms with E-state index in [1.165, 1.54) is 22.5 Å². The highest BCUT2D eigenvalue weighted by atomic mass is 19.4. The third-order valence-electron chi connectivity index (χ3n) is 7.21. The minimum absolute atomic E-state index is 0.0753. The van der Waals surface area contributed by atoms with Crippen molar-refractivity contribution in [3.63, 3.8) is 0 Å². The normalized spacial score (nSPS) is 16.2. The van der Waals surface area contributed by atoms with Gasteiger partial charge in [-0.1, -0.05) is 42.5 Å². The van der Waals surface area contributed by atoms with Crippen LogP contribution in [0.25, 0.3) is 16.7 Å². The van der Waals surface area contributed by atoms with Crippen molar-refractivity contribution < 1.29 is 18.0 Å². The van der Waals surface area contributed by atoms with Gasteiger partial charge in [0.25, 0.3) is 5.56 Å². The largest absolute Gasteiger partial charge is 0.416 e. The molecule has 0 saturated carbocycles. The number of anilines is 1. The maximum atomic E-state index is 13.3. The molecule has 6 rings (SSSR count). The third kappa shape index (κ3) is 5.15. The smallest absolute Gasteiger partial charge is 0.297 e. The summed E-state index contributed by atoms with van der Waals surface area (Å²) in [6.07, 6.45) is -1.45. The number of benzene rings is 2. The van der Waals surface area contributed by atoms with Crippen LogP contribution in [-0.4, -0.2) is 67.8 Å². The van der Waals surface area contributed by atoms with Gasteiger partial charge in [-0.05, 0) is 23.8 Å². The predicted molar refractivity (Wildman–Crippen MR) is 143 cm³/mol. The van der Waals surface area contributed by atoms with Crippen LogP contribution >= 0.6 is 0 Å². The minimum atomic E-state index is -4.49. The van der Waals surface area contributed by atoms with Gasteiger partial charge in [0.05, 0.1) is 24.0 Å². The lowest BCUT2D eigenvalue weighted by atomic mass is 10.1. The van der Waals surface area contributed by atoms with Crippen LogP contribution in [0.15, 0.2) is 71.7 Å². The van der Waals surface area contributed by atoms with Crippen LogP contribution in [0.5, 0.6) is 0 Å². The van der Waals surface area contributed by atoms with Crippen LogP contribution in [0, 0.1) is 0 Å². The van der Waals surface area contributed by atoms with E-state index in [1.807, 2.05) is 18.2 Å². The van der Waals surface area contributed by atoms with E-state index in [-0.39, 0.29) is 30.3 Å². The number of carbonyl (C=O) groups is 1. The second-order valence-corrected chi connectivity index (χ2v) is 9.90. The lowest BCUT2D eigenvalue weighted by Crippen LogP contribution is -2.48. The average Bonchev–Trinajstić information content (AvgIpc) is 3.39. The fourth-order valence-electron chi connectivity index (χ4n) is 5.19. The van der Waals surface area contributed by atoms with Gasteiger partial charge < -0.3 is 0 Å². The SMILES string of the molecule is O=C(CN1CCN(Cc2ccccc2)CC1)Nc1nc(=O)c2cnn3c2n1CC=C3c1cccc(C(F)(F)F)c1. The Bertz CT molecular complexity index is 1650. The summed E-state index contributed by atoms with van der Waals surface area (Å²) >= 11 is 0. The van der Waals surface area contributed by atoms with Gasteiger partial charge in [0.15, 0.2) is 5.65 Å². The zero-order chi connectivity index (χ0) is 27.9. The molecule has 12 heteroatoms. The number of alkyl halides is 3. The molecule has 0 spiro atoms. The Hall–Kier alpha value is -4.29. The van der Waals surface area contributed by atoms with Crippen LogP contribution in [0.3, 0.4) is 0 Å². The molecule has 1 N–H and O–H groups in total. The summed E-state index contributed by atoms with van der Waals surface area (Å²) in [7, 11) is 0. The van der Waals surface area contributed by atoms with Gasteiger partial charge >= 0.3 is 6.18 Å². The van der Waals surface area contributed by atoms with Gasteiger partial charge in [-0.25, -0.2) is 4.68 Å². The van der Waals surface area contributed by atoms with Gasteiger partial charge in [-0.3, -0.25) is 29.3 Å². The van der Waals surface area contributed by atoms with Gasteiger partial charge in [0.1, 0.15) is 5.39 Å². The Kier molecular flexibility index (Phi) is 6.72. The number of aromatic nitrogens is 4. The minimum Gasteiger partial charge on any atom is -0.297 e. The van der Waals surface area contributed by atoms with E-state index in [0.717, 1.165) is 44.9 Å². The second kappa shape index (κ2) is 10.4. The molecule has 1 fully saturated rings. The fraction of sp³-hybridized carbons (Fsp3) is 0.286. The quantitative estimate of drug-likeness (QED) is 0.397. The highest BCUT2D eigenvalue weighted by Gasteiger charge is 2.31. The first-order chi connectivity index (χ1) is 19.3. The number of nitrogens with zero attached hydrogens (tertiary/aromatic N) is 6. The van der Waals surface area contributed by atoms with Gasteiger partial charge in [-0.2, -0.15) is 23.3 Å². The van der Waals surface area contributed by atoms with E-state index in [9.17, 15) is 22.8 Å². The number of halogens is 3. The van der Waals surface area contributed by atoms with Gasteiger partial charge in [0, 0.05) is 44.8 Å². The molecule has 40 heavy (non-hydrogen) atoms. The van der Waals surface area contributed by atoms with Crippen molar-refractivity contribution in [1.82, 2.24) is 29.1 Å². The molecule has 1 amide bonds. The summed E-state index contributed by atoms with van der Waals surface area (Å²) in [4.78, 5) is 34.2. The average molecular weight is 550 g/mol. The van der Waals surface area contributed by atoms with Crippen LogP contribution < -0.4 is 10.9 Å². The molecule has 0 radical (unpaired) electrons. The van der Waals surface area contributed by atoms with Gasteiger partial charge in [0.2, 0.25) is 11.9 Å². The second-order valence-electron chi connectivity index (χ2n) is 9.90. The van der Waals surface area contributed by atoms with Crippen molar-refractivity contribution in [3.05, 3.63) is 93.9 Å². The number of piperazine rings is 1. The van der Waals surface area contributed by atoms with Crippen LogP contribution in [0.2, 0.25) is 0 Å². The molecule has 2 aromatic carbocycles. The molecule has 2 aromatic heterocycles. The summed E-state index contributed by atoms with van der Waals surface area (Å²) < 4.78 is 43.0. The van der Waals surface area contributed by atoms with Crippen LogP contribution in [-0.2, 0) is 24.1 Å². The summed E-state index contributed by atoms with van der Waals surface area (Å²) in [6, 6.07) is 15.2. The number of allylic oxidation sites excluding steroid dienone is 1. The molecule has 2 aliphatic rings. The van der Waals surface area contributed by atoms with Crippen LogP contribution in [0.1, 0.15) is 16.7 Å². The third-order valence-corrected chi connectivity index (χ3v) is 7.21. The Labute approximate surface area is 227 Å².